The zero-order valence-electron chi connectivity index (χ0n) is 18.9. The van der Waals surface area contributed by atoms with E-state index in [2.05, 4.69) is 9.98 Å². The Kier molecular flexibility index (Phi) is 5.53. The summed E-state index contributed by atoms with van der Waals surface area (Å²) < 4.78 is 21.0. The molecule has 34 heavy (non-hydrogen) atoms. The molecule has 2 aromatic heterocycles. The Morgan fingerprint density at radius 2 is 1.94 bits per heavy atom. The van der Waals surface area contributed by atoms with Crippen molar-refractivity contribution in [3.05, 3.63) is 102 Å². The number of H-pyrrole nitrogens is 1. The van der Waals surface area contributed by atoms with Crippen LogP contribution in [0.25, 0.3) is 17.0 Å². The quantitative estimate of drug-likeness (QED) is 0.457. The lowest BCUT2D eigenvalue weighted by molar-refractivity contribution is -0.139. The molecular formula is C26H22FN3O3S. The Hall–Kier alpha value is -3.78. The first-order chi connectivity index (χ1) is 16.4. The maximum Gasteiger partial charge on any atom is 0.338 e. The van der Waals surface area contributed by atoms with Crippen molar-refractivity contribution in [2.45, 2.75) is 26.8 Å². The molecule has 0 spiro atoms. The van der Waals surface area contributed by atoms with Gasteiger partial charge >= 0.3 is 5.97 Å². The fourth-order valence-corrected chi connectivity index (χ4v) is 5.40. The highest BCUT2D eigenvalue weighted by atomic mass is 32.1. The summed E-state index contributed by atoms with van der Waals surface area (Å²) >= 11 is 1.26. The Labute approximate surface area is 198 Å². The van der Waals surface area contributed by atoms with Crippen LogP contribution in [0.4, 0.5) is 4.39 Å². The lowest BCUT2D eigenvalue weighted by Crippen LogP contribution is -2.39. The molecule has 0 saturated carbocycles. The number of fused-ring (bicyclic) bond motifs is 2. The molecule has 6 nitrogen and oxygen atoms in total. The summed E-state index contributed by atoms with van der Waals surface area (Å²) in [5, 5.41) is 1.02. The van der Waals surface area contributed by atoms with Gasteiger partial charge in [-0.05, 0) is 50.6 Å². The monoisotopic (exact) mass is 475 g/mol. The van der Waals surface area contributed by atoms with Crippen LogP contribution in [0.2, 0.25) is 0 Å². The molecule has 1 aliphatic heterocycles. The number of thiazole rings is 1. The van der Waals surface area contributed by atoms with E-state index in [0.717, 1.165) is 22.2 Å². The van der Waals surface area contributed by atoms with Crippen molar-refractivity contribution in [3.8, 4) is 0 Å². The summed E-state index contributed by atoms with van der Waals surface area (Å²) in [6, 6.07) is 12.9. The van der Waals surface area contributed by atoms with Gasteiger partial charge in [0.2, 0.25) is 0 Å². The van der Waals surface area contributed by atoms with E-state index < -0.39 is 17.8 Å². The number of nitrogens with one attached hydrogen (secondary N) is 1. The number of esters is 1. The fourth-order valence-electron chi connectivity index (χ4n) is 4.37. The molecule has 1 atom stereocenters. The van der Waals surface area contributed by atoms with Crippen LogP contribution in [0, 0.1) is 12.7 Å². The minimum absolute atomic E-state index is 0.190. The number of aryl methyl sites for hydroxylation is 1. The van der Waals surface area contributed by atoms with E-state index in [4.69, 9.17) is 4.74 Å². The predicted octanol–water partition coefficient (Wildman–Crippen LogP) is 3.73. The van der Waals surface area contributed by atoms with Gasteiger partial charge < -0.3 is 9.72 Å². The van der Waals surface area contributed by atoms with Gasteiger partial charge in [-0.15, -0.1) is 0 Å². The number of aromatic amines is 1. The Morgan fingerprint density at radius 1 is 1.21 bits per heavy atom. The zero-order chi connectivity index (χ0) is 24.0. The minimum Gasteiger partial charge on any atom is -0.463 e. The summed E-state index contributed by atoms with van der Waals surface area (Å²) in [5.74, 6) is -0.941. The lowest BCUT2D eigenvalue weighted by atomic mass is 9.96. The van der Waals surface area contributed by atoms with Crippen LogP contribution in [-0.4, -0.2) is 22.1 Å². The predicted molar refractivity (Wildman–Crippen MR) is 130 cm³/mol. The lowest BCUT2D eigenvalue weighted by Gasteiger charge is -2.24. The molecule has 0 aliphatic carbocycles. The van der Waals surface area contributed by atoms with Crippen molar-refractivity contribution in [2.24, 2.45) is 4.99 Å². The molecule has 0 saturated heterocycles. The number of carbonyl (C=O) groups is 1. The van der Waals surface area contributed by atoms with Crippen LogP contribution in [0.15, 0.2) is 69.6 Å². The van der Waals surface area contributed by atoms with Crippen molar-refractivity contribution in [3.63, 3.8) is 0 Å². The second-order valence-electron chi connectivity index (χ2n) is 8.06. The van der Waals surface area contributed by atoms with Gasteiger partial charge in [0.05, 0.1) is 28.5 Å². The second-order valence-corrected chi connectivity index (χ2v) is 9.07. The second kappa shape index (κ2) is 8.53. The van der Waals surface area contributed by atoms with E-state index in [9.17, 15) is 14.0 Å². The highest BCUT2D eigenvalue weighted by Gasteiger charge is 2.33. The van der Waals surface area contributed by atoms with E-state index in [-0.39, 0.29) is 17.7 Å². The first-order valence-corrected chi connectivity index (χ1v) is 11.7. The summed E-state index contributed by atoms with van der Waals surface area (Å²) in [6.07, 6.45) is 1.86. The molecule has 0 bridgehead atoms. The minimum atomic E-state index is -0.762. The van der Waals surface area contributed by atoms with E-state index in [0.29, 0.717) is 20.6 Å². The van der Waals surface area contributed by atoms with E-state index in [1.54, 1.807) is 26.0 Å². The fraction of sp³-hybridized carbons (Fsp3) is 0.192. The van der Waals surface area contributed by atoms with Crippen molar-refractivity contribution < 1.29 is 13.9 Å². The van der Waals surface area contributed by atoms with Crippen LogP contribution in [0.5, 0.6) is 0 Å². The van der Waals surface area contributed by atoms with Crippen molar-refractivity contribution >= 4 is 34.3 Å². The number of hydrogen-bond acceptors (Lipinski definition) is 5. The number of halogens is 1. The molecule has 8 heteroatoms. The SMILES string of the molecule is CCOC(=O)C1=C(C)N=c2s/c(=C\c3c(C)[nH]c4ccccc34)c(=O)n2[C@@H]1c1ccc(F)cc1. The van der Waals surface area contributed by atoms with Crippen molar-refractivity contribution in [1.82, 2.24) is 9.55 Å². The molecule has 1 aliphatic rings. The molecule has 0 fully saturated rings. The number of hydrogen-bond donors (Lipinski definition) is 1. The third kappa shape index (κ3) is 3.60. The van der Waals surface area contributed by atoms with Crippen LogP contribution >= 0.6 is 11.3 Å². The van der Waals surface area contributed by atoms with E-state index in [1.807, 2.05) is 37.3 Å². The zero-order valence-corrected chi connectivity index (χ0v) is 19.7. The average molecular weight is 476 g/mol. The molecular weight excluding hydrogens is 453 g/mol. The van der Waals surface area contributed by atoms with Crippen LogP contribution in [0.3, 0.4) is 0 Å². The molecule has 5 rings (SSSR count). The highest BCUT2D eigenvalue weighted by Crippen LogP contribution is 2.31. The summed E-state index contributed by atoms with van der Waals surface area (Å²) in [7, 11) is 0. The standard InChI is InChI=1S/C26H22FN3O3S/c1-4-33-25(32)22-15(3)29-26-30(23(22)16-9-11-17(27)12-10-16)24(31)21(34-26)13-19-14(2)28-20-8-6-5-7-18(19)20/h5-13,23,28H,4H2,1-3H3/b21-13-/t23-/m1/s1. The summed E-state index contributed by atoms with van der Waals surface area (Å²) in [5.41, 5.74) is 3.96. The topological polar surface area (TPSA) is 76.4 Å². The number of ether oxygens (including phenoxy) is 1. The van der Waals surface area contributed by atoms with Gasteiger partial charge in [-0.1, -0.05) is 41.7 Å². The Bertz CT molecular complexity index is 1640. The number of allylic oxidation sites excluding steroid dienone is 1. The van der Waals surface area contributed by atoms with Gasteiger partial charge in [0.15, 0.2) is 4.80 Å². The Balaban J connectivity index is 1.76. The van der Waals surface area contributed by atoms with Crippen molar-refractivity contribution in [2.75, 3.05) is 6.61 Å². The molecule has 3 heterocycles. The van der Waals surface area contributed by atoms with Gasteiger partial charge in [0, 0.05) is 22.2 Å². The third-order valence-electron chi connectivity index (χ3n) is 5.92. The molecule has 0 radical (unpaired) electrons. The highest BCUT2D eigenvalue weighted by molar-refractivity contribution is 7.07. The largest absolute Gasteiger partial charge is 0.463 e. The number of para-hydroxylation sites is 1. The van der Waals surface area contributed by atoms with E-state index >= 15 is 0 Å². The molecule has 4 aromatic rings. The van der Waals surface area contributed by atoms with Gasteiger partial charge in [0.1, 0.15) is 5.82 Å². The number of nitrogens with zero attached hydrogens (tertiary/aromatic N) is 2. The number of rotatable bonds is 4. The third-order valence-corrected chi connectivity index (χ3v) is 6.90. The van der Waals surface area contributed by atoms with Gasteiger partial charge in [-0.2, -0.15) is 0 Å². The molecule has 0 amide bonds. The average Bonchev–Trinajstić information content (AvgIpc) is 3.29. The first kappa shape index (κ1) is 22.0. The first-order valence-electron chi connectivity index (χ1n) is 10.9. The van der Waals surface area contributed by atoms with Crippen LogP contribution in [-0.2, 0) is 9.53 Å². The van der Waals surface area contributed by atoms with Crippen LogP contribution < -0.4 is 14.9 Å². The number of carbonyl (C=O) groups excluding carboxylic acids is 1. The van der Waals surface area contributed by atoms with E-state index in [1.165, 1.54) is 28.0 Å². The molecule has 2 aromatic carbocycles. The number of aromatic nitrogens is 2. The number of benzene rings is 2. The maximum atomic E-state index is 13.7. The van der Waals surface area contributed by atoms with Gasteiger partial charge in [0.25, 0.3) is 5.56 Å². The Morgan fingerprint density at radius 3 is 2.68 bits per heavy atom. The van der Waals surface area contributed by atoms with Crippen LogP contribution in [0.1, 0.15) is 36.7 Å². The molecule has 172 valence electrons. The summed E-state index contributed by atoms with van der Waals surface area (Å²) in [6.45, 7) is 5.60. The normalized spacial score (nSPS) is 16.0. The van der Waals surface area contributed by atoms with Gasteiger partial charge in [-0.25, -0.2) is 14.2 Å². The smallest absolute Gasteiger partial charge is 0.338 e. The molecule has 0 unspecified atom stereocenters. The van der Waals surface area contributed by atoms with Gasteiger partial charge in [-0.3, -0.25) is 9.36 Å². The van der Waals surface area contributed by atoms with Crippen molar-refractivity contribution in [1.29, 1.82) is 0 Å². The maximum absolute atomic E-state index is 13.7. The molecule has 1 N–H and O–H groups in total. The summed E-state index contributed by atoms with van der Waals surface area (Å²) in [4.78, 5) is 35.0.